The summed E-state index contributed by atoms with van der Waals surface area (Å²) in [5, 5.41) is 8.81. The molecule has 194 valence electrons. The molecular formula is C24H19F5N4O4. The lowest BCUT2D eigenvalue weighted by molar-refractivity contribution is -0.192. The van der Waals surface area contributed by atoms with Gasteiger partial charge in [-0.05, 0) is 30.3 Å². The van der Waals surface area contributed by atoms with Crippen molar-refractivity contribution in [3.63, 3.8) is 0 Å². The van der Waals surface area contributed by atoms with E-state index in [1.165, 1.54) is 4.90 Å². The Bertz CT molecular complexity index is 1410. The molecule has 1 atom stereocenters. The Balaban J connectivity index is 0.000000405. The number of carbonyl (C=O) groups excluding carboxylic acids is 1. The number of rotatable bonds is 3. The molecule has 3 aromatic heterocycles. The van der Waals surface area contributed by atoms with Gasteiger partial charge in [-0.15, -0.1) is 0 Å². The Morgan fingerprint density at radius 1 is 1.08 bits per heavy atom. The fraction of sp³-hybridized carbons (Fsp3) is 0.250. The molecule has 4 aromatic rings. The van der Waals surface area contributed by atoms with E-state index in [0.29, 0.717) is 16.9 Å². The highest BCUT2D eigenvalue weighted by atomic mass is 19.4. The van der Waals surface area contributed by atoms with E-state index in [1.54, 1.807) is 36.5 Å². The van der Waals surface area contributed by atoms with Gasteiger partial charge in [0.2, 0.25) is 5.88 Å². The molecule has 0 bridgehead atoms. The number of aromatic amines is 1. The number of ether oxygens (including phenoxy) is 1. The minimum absolute atomic E-state index is 0.0559. The first kappa shape index (κ1) is 25.8. The lowest BCUT2D eigenvalue weighted by atomic mass is 10.0. The molecule has 1 aliphatic rings. The molecule has 0 radical (unpaired) electrons. The van der Waals surface area contributed by atoms with E-state index in [4.69, 9.17) is 14.6 Å². The maximum absolute atomic E-state index is 14.6. The molecule has 0 aliphatic carbocycles. The lowest BCUT2D eigenvalue weighted by Gasteiger charge is -2.37. The molecule has 1 aromatic carbocycles. The number of H-pyrrole nitrogens is 1. The molecule has 0 saturated carbocycles. The minimum Gasteiger partial charge on any atom is -0.475 e. The van der Waals surface area contributed by atoms with Gasteiger partial charge in [0.1, 0.15) is 11.3 Å². The molecule has 5 rings (SSSR count). The van der Waals surface area contributed by atoms with Crippen molar-refractivity contribution in [2.45, 2.75) is 24.6 Å². The van der Waals surface area contributed by atoms with E-state index >= 15 is 0 Å². The molecule has 4 heterocycles. The normalized spacial score (nSPS) is 17.2. The van der Waals surface area contributed by atoms with Gasteiger partial charge in [-0.3, -0.25) is 4.79 Å². The molecule has 1 fully saturated rings. The highest BCUT2D eigenvalue weighted by molar-refractivity contribution is 5.97. The Morgan fingerprint density at radius 3 is 2.49 bits per heavy atom. The molecule has 1 unspecified atom stereocenters. The van der Waals surface area contributed by atoms with Crippen molar-refractivity contribution in [3.8, 4) is 5.88 Å². The van der Waals surface area contributed by atoms with Gasteiger partial charge < -0.3 is 19.7 Å². The van der Waals surface area contributed by atoms with E-state index < -0.39 is 30.6 Å². The average molecular weight is 522 g/mol. The minimum atomic E-state index is -5.08. The van der Waals surface area contributed by atoms with Gasteiger partial charge in [-0.1, -0.05) is 18.2 Å². The summed E-state index contributed by atoms with van der Waals surface area (Å²) in [6.07, 6.45) is -5.42. The van der Waals surface area contributed by atoms with Crippen LogP contribution in [0.4, 0.5) is 22.0 Å². The maximum Gasteiger partial charge on any atom is 0.490 e. The number of carboxylic acids is 1. The Morgan fingerprint density at radius 2 is 1.78 bits per heavy atom. The largest absolute Gasteiger partial charge is 0.490 e. The van der Waals surface area contributed by atoms with E-state index in [9.17, 15) is 26.7 Å². The number of carbonyl (C=O) groups is 2. The molecule has 1 saturated heterocycles. The van der Waals surface area contributed by atoms with Crippen LogP contribution in [0.5, 0.6) is 5.88 Å². The van der Waals surface area contributed by atoms with Gasteiger partial charge in [-0.2, -0.15) is 13.2 Å². The molecule has 37 heavy (non-hydrogen) atoms. The molecule has 8 nitrogen and oxygen atoms in total. The van der Waals surface area contributed by atoms with Crippen molar-refractivity contribution < 1.29 is 41.4 Å². The van der Waals surface area contributed by atoms with E-state index in [1.807, 2.05) is 24.3 Å². The number of benzene rings is 1. The van der Waals surface area contributed by atoms with Crippen LogP contribution in [0.1, 0.15) is 16.9 Å². The second kappa shape index (κ2) is 9.99. The van der Waals surface area contributed by atoms with Gasteiger partial charge in [0.15, 0.2) is 6.10 Å². The van der Waals surface area contributed by atoms with Crippen LogP contribution in [0.2, 0.25) is 0 Å². The standard InChI is InChI=1S/C22H18F2N4O2.C2HF3O2/c23-22(24)9-11-28(21(29)17-12-15-5-3-10-25-20(15)27-17)13-18(22)30-19-8-7-14-4-1-2-6-16(14)26-19;3-2(4,5)1(6)7/h1-8,10,12,18H,9,11,13H2,(H,25,27);(H,6,7). The van der Waals surface area contributed by atoms with Crippen LogP contribution < -0.4 is 4.74 Å². The number of likely N-dealkylation sites (tertiary alicyclic amines) is 1. The van der Waals surface area contributed by atoms with E-state index in [-0.39, 0.29) is 24.9 Å². The number of aliphatic carboxylic acids is 1. The van der Waals surface area contributed by atoms with Crippen molar-refractivity contribution in [3.05, 3.63) is 66.5 Å². The first-order chi connectivity index (χ1) is 17.4. The number of fused-ring (bicyclic) bond motifs is 2. The third-order valence-electron chi connectivity index (χ3n) is 5.56. The van der Waals surface area contributed by atoms with Crippen molar-refractivity contribution >= 4 is 33.8 Å². The molecule has 0 spiro atoms. The zero-order valence-electron chi connectivity index (χ0n) is 18.9. The summed E-state index contributed by atoms with van der Waals surface area (Å²) >= 11 is 0. The second-order valence-electron chi connectivity index (χ2n) is 8.14. The Kier molecular flexibility index (Phi) is 6.96. The number of para-hydroxylation sites is 1. The van der Waals surface area contributed by atoms with Gasteiger partial charge in [0, 0.05) is 36.0 Å². The summed E-state index contributed by atoms with van der Waals surface area (Å²) in [6, 6.07) is 16.0. The highest BCUT2D eigenvalue weighted by Crippen LogP contribution is 2.32. The predicted molar refractivity (Wildman–Crippen MR) is 121 cm³/mol. The smallest absolute Gasteiger partial charge is 0.475 e. The number of hydrogen-bond acceptors (Lipinski definition) is 5. The van der Waals surface area contributed by atoms with Crippen molar-refractivity contribution in [2.75, 3.05) is 13.1 Å². The zero-order valence-corrected chi connectivity index (χ0v) is 18.9. The first-order valence-electron chi connectivity index (χ1n) is 10.9. The van der Waals surface area contributed by atoms with Crippen LogP contribution in [0, 0.1) is 0 Å². The molecule has 2 N–H and O–H groups in total. The number of carboxylic acid groups (broad SMARTS) is 1. The van der Waals surface area contributed by atoms with Crippen LogP contribution in [-0.2, 0) is 4.79 Å². The second-order valence-corrected chi connectivity index (χ2v) is 8.14. The van der Waals surface area contributed by atoms with Gasteiger partial charge in [0.05, 0.1) is 12.1 Å². The van der Waals surface area contributed by atoms with Crippen LogP contribution in [-0.4, -0.2) is 68.1 Å². The highest BCUT2D eigenvalue weighted by Gasteiger charge is 2.47. The topological polar surface area (TPSA) is 108 Å². The lowest BCUT2D eigenvalue weighted by Crippen LogP contribution is -2.55. The van der Waals surface area contributed by atoms with Crippen LogP contribution in [0.15, 0.2) is 60.8 Å². The third kappa shape index (κ3) is 5.93. The number of alkyl halides is 5. The number of aromatic nitrogens is 3. The predicted octanol–water partition coefficient (Wildman–Crippen LogP) is 4.67. The number of nitrogens with zero attached hydrogens (tertiary/aromatic N) is 3. The summed E-state index contributed by atoms with van der Waals surface area (Å²) in [5.74, 6) is -6.06. The quantitative estimate of drug-likeness (QED) is 0.379. The SMILES string of the molecule is O=C(O)C(F)(F)F.O=C(c1cc2cccnc2[nH]1)N1CCC(F)(F)C(Oc2ccc3ccccc3n2)C1. The monoisotopic (exact) mass is 522 g/mol. The molecular weight excluding hydrogens is 503 g/mol. The summed E-state index contributed by atoms with van der Waals surface area (Å²) in [6.45, 7) is -0.289. The van der Waals surface area contributed by atoms with Crippen molar-refractivity contribution in [1.29, 1.82) is 0 Å². The fourth-order valence-corrected chi connectivity index (χ4v) is 3.68. The first-order valence-corrected chi connectivity index (χ1v) is 10.9. The maximum atomic E-state index is 14.6. The van der Waals surface area contributed by atoms with Gasteiger partial charge in [0.25, 0.3) is 11.8 Å². The summed E-state index contributed by atoms with van der Waals surface area (Å²) < 4.78 is 66.4. The zero-order chi connectivity index (χ0) is 26.8. The number of hydrogen-bond donors (Lipinski definition) is 2. The Labute approximate surface area is 205 Å². The van der Waals surface area contributed by atoms with Crippen molar-refractivity contribution in [2.24, 2.45) is 0 Å². The molecule has 13 heteroatoms. The van der Waals surface area contributed by atoms with Gasteiger partial charge in [-0.25, -0.2) is 23.5 Å². The van der Waals surface area contributed by atoms with E-state index in [0.717, 1.165) is 10.8 Å². The number of amides is 1. The van der Waals surface area contributed by atoms with Crippen LogP contribution in [0.3, 0.4) is 0 Å². The number of nitrogens with one attached hydrogen (secondary N) is 1. The van der Waals surface area contributed by atoms with Crippen LogP contribution >= 0.6 is 0 Å². The third-order valence-corrected chi connectivity index (χ3v) is 5.56. The number of piperidine rings is 1. The number of halogens is 5. The number of pyridine rings is 2. The fourth-order valence-electron chi connectivity index (χ4n) is 3.68. The van der Waals surface area contributed by atoms with Crippen molar-refractivity contribution in [1.82, 2.24) is 19.9 Å². The Hall–Kier alpha value is -4.29. The summed E-state index contributed by atoms with van der Waals surface area (Å²) in [7, 11) is 0. The summed E-state index contributed by atoms with van der Waals surface area (Å²) in [4.78, 5) is 34.6. The van der Waals surface area contributed by atoms with Crippen LogP contribution in [0.25, 0.3) is 21.9 Å². The molecule has 1 aliphatic heterocycles. The average Bonchev–Trinajstić information content (AvgIpc) is 3.29. The van der Waals surface area contributed by atoms with E-state index in [2.05, 4.69) is 15.0 Å². The van der Waals surface area contributed by atoms with Gasteiger partial charge >= 0.3 is 12.1 Å². The molecule has 1 amide bonds. The summed E-state index contributed by atoms with van der Waals surface area (Å²) in [5.41, 5.74) is 1.56.